The van der Waals surface area contributed by atoms with Gasteiger partial charge in [-0.05, 0) is 41.1 Å². The van der Waals surface area contributed by atoms with E-state index < -0.39 is 5.92 Å². The summed E-state index contributed by atoms with van der Waals surface area (Å²) in [6.07, 6.45) is 3.46. The molecule has 168 valence electrons. The average Bonchev–Trinajstić information content (AvgIpc) is 3.37. The third-order valence-corrected chi connectivity index (χ3v) is 6.42. The second kappa shape index (κ2) is 10.0. The fourth-order valence-corrected chi connectivity index (χ4v) is 4.30. The Morgan fingerprint density at radius 3 is 2.27 bits per heavy atom. The van der Waals surface area contributed by atoms with Gasteiger partial charge in [0.05, 0.1) is 0 Å². The van der Waals surface area contributed by atoms with Crippen molar-refractivity contribution in [3.8, 4) is 10.4 Å². The summed E-state index contributed by atoms with van der Waals surface area (Å²) in [5, 5.41) is 2.04. The highest BCUT2D eigenvalue weighted by molar-refractivity contribution is 7.13. The molecule has 2 aromatic carbocycles. The van der Waals surface area contributed by atoms with E-state index in [0.29, 0.717) is 18.7 Å². The molecule has 3 nitrogen and oxygen atoms in total. The van der Waals surface area contributed by atoms with Crippen LogP contribution in [0.4, 0.5) is 14.6 Å². The molecule has 2 heterocycles. The summed E-state index contributed by atoms with van der Waals surface area (Å²) < 4.78 is 27.2. The molecule has 0 amide bonds. The molecule has 0 radical (unpaired) electrons. The van der Waals surface area contributed by atoms with Gasteiger partial charge in [0.2, 0.25) is 0 Å². The number of nitrogens with zero attached hydrogens (tertiary/aromatic N) is 2. The van der Waals surface area contributed by atoms with Gasteiger partial charge in [0, 0.05) is 47.8 Å². The molecule has 4 aromatic rings. The van der Waals surface area contributed by atoms with Crippen LogP contribution in [0.2, 0.25) is 0 Å². The molecular formula is C27H24F2N2OS. The lowest BCUT2D eigenvalue weighted by atomic mass is 10.1. The lowest BCUT2D eigenvalue weighted by Crippen LogP contribution is -2.26. The number of hydrogen-bond donors (Lipinski definition) is 0. The van der Waals surface area contributed by atoms with Crippen LogP contribution < -0.4 is 4.90 Å². The fraction of sp³-hybridized carbons (Fsp3) is 0.185. The third-order valence-electron chi connectivity index (χ3n) is 5.50. The van der Waals surface area contributed by atoms with Gasteiger partial charge in [-0.1, -0.05) is 54.6 Å². The fourth-order valence-electron chi connectivity index (χ4n) is 3.59. The van der Waals surface area contributed by atoms with E-state index >= 15 is 0 Å². The smallest absolute Gasteiger partial charge is 0.270 e. The topological polar surface area (TPSA) is 33.2 Å². The summed E-state index contributed by atoms with van der Waals surface area (Å²) in [7, 11) is 0. The molecule has 0 saturated carbocycles. The number of alkyl halides is 2. The predicted octanol–water partition coefficient (Wildman–Crippen LogP) is 6.98. The first-order valence-electron chi connectivity index (χ1n) is 10.7. The number of halogens is 2. The highest BCUT2D eigenvalue weighted by atomic mass is 32.1. The summed E-state index contributed by atoms with van der Waals surface area (Å²) >= 11 is 1.67. The Hall–Kier alpha value is -3.38. The lowest BCUT2D eigenvalue weighted by molar-refractivity contribution is 0.0174. The van der Waals surface area contributed by atoms with Gasteiger partial charge in [-0.25, -0.2) is 13.8 Å². The van der Waals surface area contributed by atoms with E-state index in [1.165, 1.54) is 12.1 Å². The van der Waals surface area contributed by atoms with Crippen molar-refractivity contribution in [2.24, 2.45) is 0 Å². The number of carbonyl (C=O) groups is 1. The molecule has 0 aliphatic rings. The zero-order valence-electron chi connectivity index (χ0n) is 18.2. The van der Waals surface area contributed by atoms with Gasteiger partial charge in [-0.3, -0.25) is 4.79 Å². The number of carbonyl (C=O) groups excluding carboxylic acids is 1. The molecule has 33 heavy (non-hydrogen) atoms. The van der Waals surface area contributed by atoms with E-state index in [2.05, 4.69) is 17.0 Å². The first-order valence-corrected chi connectivity index (χ1v) is 11.6. The van der Waals surface area contributed by atoms with E-state index in [4.69, 9.17) is 4.98 Å². The van der Waals surface area contributed by atoms with Crippen LogP contribution in [0.15, 0.2) is 84.4 Å². The minimum absolute atomic E-state index is 0.00601. The number of aromatic nitrogens is 1. The molecule has 4 rings (SSSR count). The maximum absolute atomic E-state index is 13.6. The van der Waals surface area contributed by atoms with Crippen LogP contribution in [0.25, 0.3) is 10.4 Å². The van der Waals surface area contributed by atoms with Gasteiger partial charge in [0.15, 0.2) is 0 Å². The summed E-state index contributed by atoms with van der Waals surface area (Å²) in [6.45, 7) is 2.15. The number of benzene rings is 2. The van der Waals surface area contributed by atoms with Crippen LogP contribution in [-0.4, -0.2) is 17.8 Å². The van der Waals surface area contributed by atoms with Gasteiger partial charge in [0.25, 0.3) is 5.92 Å². The summed E-state index contributed by atoms with van der Waals surface area (Å²) in [5.41, 5.74) is 3.76. The van der Waals surface area contributed by atoms with E-state index in [1.54, 1.807) is 23.5 Å². The van der Waals surface area contributed by atoms with Crippen molar-refractivity contribution in [2.45, 2.75) is 25.8 Å². The van der Waals surface area contributed by atoms with Crippen LogP contribution in [0.5, 0.6) is 0 Å². The molecule has 0 aliphatic carbocycles. The van der Waals surface area contributed by atoms with Crippen molar-refractivity contribution >= 4 is 23.4 Å². The molecule has 0 bridgehead atoms. The number of pyridine rings is 1. The Labute approximate surface area is 196 Å². The molecule has 2 aromatic heterocycles. The van der Waals surface area contributed by atoms with Gasteiger partial charge in [-0.2, -0.15) is 0 Å². The van der Waals surface area contributed by atoms with E-state index in [-0.39, 0.29) is 5.56 Å². The Balaban J connectivity index is 1.54. The standard InChI is InChI=1S/C27H24F2N2OS/c1-27(28,29)24-11-8-21(9-12-24)18-31(15-14-20-4-6-22(19-32)7-5-20)26-13-10-23(17-30-26)25-3-2-16-33-25/h2-13,16-17,19H,14-15,18H2,1H3. The summed E-state index contributed by atoms with van der Waals surface area (Å²) in [4.78, 5) is 18.9. The molecule has 0 unspecified atom stereocenters. The normalized spacial score (nSPS) is 11.4. The Bertz CT molecular complexity index is 1170. The molecule has 6 heteroatoms. The molecule has 0 atom stereocenters. The Kier molecular flexibility index (Phi) is 6.94. The van der Waals surface area contributed by atoms with Crippen molar-refractivity contribution < 1.29 is 13.6 Å². The Morgan fingerprint density at radius 2 is 1.70 bits per heavy atom. The van der Waals surface area contributed by atoms with E-state index in [1.807, 2.05) is 48.0 Å². The number of hydrogen-bond acceptors (Lipinski definition) is 4. The monoisotopic (exact) mass is 462 g/mol. The van der Waals surface area contributed by atoms with E-state index in [0.717, 1.165) is 47.0 Å². The van der Waals surface area contributed by atoms with Crippen LogP contribution >= 0.6 is 11.3 Å². The van der Waals surface area contributed by atoms with Gasteiger partial charge >= 0.3 is 0 Å². The van der Waals surface area contributed by atoms with Crippen LogP contribution in [0.3, 0.4) is 0 Å². The van der Waals surface area contributed by atoms with Crippen molar-refractivity contribution in [3.63, 3.8) is 0 Å². The number of thiophene rings is 1. The average molecular weight is 463 g/mol. The van der Waals surface area contributed by atoms with Gasteiger partial charge in [-0.15, -0.1) is 11.3 Å². The highest BCUT2D eigenvalue weighted by Crippen LogP contribution is 2.28. The van der Waals surface area contributed by atoms with E-state index in [9.17, 15) is 13.6 Å². The number of aldehydes is 1. The predicted molar refractivity (Wildman–Crippen MR) is 130 cm³/mol. The molecule has 0 N–H and O–H groups in total. The zero-order chi connectivity index (χ0) is 23.3. The molecular weight excluding hydrogens is 438 g/mol. The lowest BCUT2D eigenvalue weighted by Gasteiger charge is -2.24. The quantitative estimate of drug-likeness (QED) is 0.252. The minimum Gasteiger partial charge on any atom is -0.352 e. The third kappa shape index (κ3) is 5.90. The first kappa shape index (κ1) is 22.8. The number of anilines is 1. The molecule has 0 spiro atoms. The van der Waals surface area contributed by atoms with Crippen LogP contribution in [0.1, 0.15) is 34.0 Å². The summed E-state index contributed by atoms with van der Waals surface area (Å²) in [6, 6.07) is 22.1. The van der Waals surface area contributed by atoms with Crippen molar-refractivity contribution in [1.82, 2.24) is 4.98 Å². The number of rotatable bonds is 9. The second-order valence-corrected chi connectivity index (χ2v) is 8.95. The minimum atomic E-state index is -2.86. The van der Waals surface area contributed by atoms with Crippen LogP contribution in [0, 0.1) is 0 Å². The largest absolute Gasteiger partial charge is 0.352 e. The van der Waals surface area contributed by atoms with Crippen molar-refractivity contribution in [3.05, 3.63) is 107 Å². The highest BCUT2D eigenvalue weighted by Gasteiger charge is 2.23. The summed E-state index contributed by atoms with van der Waals surface area (Å²) in [5.74, 6) is -2.03. The SMILES string of the molecule is CC(F)(F)c1ccc(CN(CCc2ccc(C=O)cc2)c2ccc(-c3cccs3)cn2)cc1. The van der Waals surface area contributed by atoms with Crippen molar-refractivity contribution in [1.29, 1.82) is 0 Å². The van der Waals surface area contributed by atoms with Gasteiger partial charge < -0.3 is 4.90 Å². The van der Waals surface area contributed by atoms with Gasteiger partial charge in [0.1, 0.15) is 12.1 Å². The maximum Gasteiger partial charge on any atom is 0.270 e. The molecule has 0 fully saturated rings. The molecule has 0 aliphatic heterocycles. The van der Waals surface area contributed by atoms with Crippen LogP contribution in [-0.2, 0) is 18.9 Å². The Morgan fingerprint density at radius 1 is 0.970 bits per heavy atom. The van der Waals surface area contributed by atoms with Crippen molar-refractivity contribution in [2.75, 3.05) is 11.4 Å². The maximum atomic E-state index is 13.6. The molecule has 0 saturated heterocycles. The second-order valence-electron chi connectivity index (χ2n) is 8.00. The first-order chi connectivity index (χ1) is 15.9. The zero-order valence-corrected chi connectivity index (χ0v) is 19.1.